The lowest BCUT2D eigenvalue weighted by atomic mass is 10.2. The lowest BCUT2D eigenvalue weighted by Gasteiger charge is -2.35. The molecule has 0 bridgehead atoms. The number of piperazine rings is 1. The predicted molar refractivity (Wildman–Crippen MR) is 123 cm³/mol. The summed E-state index contributed by atoms with van der Waals surface area (Å²) in [6, 6.07) is 15.6. The highest BCUT2D eigenvalue weighted by Gasteiger charge is 2.18. The summed E-state index contributed by atoms with van der Waals surface area (Å²) in [5.74, 6) is 0.951. The van der Waals surface area contributed by atoms with Crippen LogP contribution in [0.5, 0.6) is 5.75 Å². The van der Waals surface area contributed by atoms with Crippen LogP contribution in [0.2, 0.25) is 0 Å². The van der Waals surface area contributed by atoms with Gasteiger partial charge in [0.15, 0.2) is 5.16 Å². The van der Waals surface area contributed by atoms with Crippen LogP contribution in [-0.2, 0) is 4.79 Å². The van der Waals surface area contributed by atoms with E-state index in [0.717, 1.165) is 49.0 Å². The Labute approximate surface area is 186 Å². The van der Waals surface area contributed by atoms with E-state index in [0.29, 0.717) is 5.16 Å². The zero-order chi connectivity index (χ0) is 21.6. The molecule has 0 radical (unpaired) electrons. The second-order valence-electron chi connectivity index (χ2n) is 7.33. The standard InChI is InChI=1S/C22H26N6O2S/c1-26-11-13-27(14-12-26)20-6-4-3-5-19(20)24-21(29)15-31-22-25-23-16-28(22)17-7-9-18(30-2)10-8-17/h3-10,16H,11-15H2,1-2H3,(H,24,29). The molecule has 0 unspecified atom stereocenters. The fraction of sp³-hybridized carbons (Fsp3) is 0.318. The number of nitrogens with zero attached hydrogens (tertiary/aromatic N) is 5. The van der Waals surface area contributed by atoms with Gasteiger partial charge in [0.25, 0.3) is 0 Å². The van der Waals surface area contributed by atoms with Crippen LogP contribution in [0.25, 0.3) is 5.69 Å². The molecule has 9 heteroatoms. The molecule has 2 heterocycles. The molecule has 8 nitrogen and oxygen atoms in total. The molecule has 1 saturated heterocycles. The highest BCUT2D eigenvalue weighted by molar-refractivity contribution is 7.99. The van der Waals surface area contributed by atoms with E-state index in [9.17, 15) is 4.79 Å². The highest BCUT2D eigenvalue weighted by Crippen LogP contribution is 2.27. The summed E-state index contributed by atoms with van der Waals surface area (Å²) in [7, 11) is 3.77. The third-order valence-electron chi connectivity index (χ3n) is 5.22. The lowest BCUT2D eigenvalue weighted by Crippen LogP contribution is -2.44. The van der Waals surface area contributed by atoms with Crippen LogP contribution < -0.4 is 15.0 Å². The first-order valence-corrected chi connectivity index (χ1v) is 11.1. The topological polar surface area (TPSA) is 75.5 Å². The average molecular weight is 439 g/mol. The van der Waals surface area contributed by atoms with E-state index in [-0.39, 0.29) is 11.7 Å². The van der Waals surface area contributed by atoms with Crippen LogP contribution in [0.1, 0.15) is 0 Å². The minimum absolute atomic E-state index is 0.0733. The van der Waals surface area contributed by atoms with Crippen molar-refractivity contribution in [2.45, 2.75) is 5.16 Å². The Hall–Kier alpha value is -3.04. The summed E-state index contributed by atoms with van der Waals surface area (Å²) in [4.78, 5) is 17.3. The van der Waals surface area contributed by atoms with E-state index in [1.165, 1.54) is 11.8 Å². The van der Waals surface area contributed by atoms with Gasteiger partial charge in [0.2, 0.25) is 5.91 Å². The fourth-order valence-electron chi connectivity index (χ4n) is 3.46. The number of rotatable bonds is 7. The van der Waals surface area contributed by atoms with Gasteiger partial charge in [0.1, 0.15) is 12.1 Å². The maximum absolute atomic E-state index is 12.7. The number of amides is 1. The first-order chi connectivity index (χ1) is 15.1. The smallest absolute Gasteiger partial charge is 0.234 e. The second kappa shape index (κ2) is 9.84. The van der Waals surface area contributed by atoms with E-state index in [4.69, 9.17) is 4.74 Å². The number of aromatic nitrogens is 3. The number of nitrogens with one attached hydrogen (secondary N) is 1. The van der Waals surface area contributed by atoms with Crippen molar-refractivity contribution < 1.29 is 9.53 Å². The number of benzene rings is 2. The Kier molecular flexibility index (Phi) is 6.73. The van der Waals surface area contributed by atoms with Gasteiger partial charge in [0, 0.05) is 31.9 Å². The van der Waals surface area contributed by atoms with Crippen molar-refractivity contribution in [3.63, 3.8) is 0 Å². The molecule has 1 amide bonds. The monoisotopic (exact) mass is 438 g/mol. The summed E-state index contributed by atoms with van der Waals surface area (Å²) in [6.07, 6.45) is 1.64. The van der Waals surface area contributed by atoms with Gasteiger partial charge in [-0.15, -0.1) is 10.2 Å². The van der Waals surface area contributed by atoms with Crippen LogP contribution >= 0.6 is 11.8 Å². The maximum Gasteiger partial charge on any atom is 0.234 e. The van der Waals surface area contributed by atoms with E-state index in [2.05, 4.69) is 38.4 Å². The molecule has 1 fully saturated rings. The zero-order valence-corrected chi connectivity index (χ0v) is 18.5. The third-order valence-corrected chi connectivity index (χ3v) is 6.16. The number of carbonyl (C=O) groups is 1. The minimum Gasteiger partial charge on any atom is -0.497 e. The molecule has 1 aliphatic rings. The van der Waals surface area contributed by atoms with Gasteiger partial charge in [-0.05, 0) is 43.4 Å². The van der Waals surface area contributed by atoms with Gasteiger partial charge in [-0.1, -0.05) is 23.9 Å². The van der Waals surface area contributed by atoms with Gasteiger partial charge in [0.05, 0.1) is 24.2 Å². The molecule has 3 aromatic rings. The minimum atomic E-state index is -0.0733. The average Bonchev–Trinajstić information content (AvgIpc) is 3.27. The van der Waals surface area contributed by atoms with Crippen LogP contribution in [-0.4, -0.2) is 71.7 Å². The SMILES string of the molecule is COc1ccc(-n2cnnc2SCC(=O)Nc2ccccc2N2CCN(C)CC2)cc1. The number of hydrogen-bond donors (Lipinski definition) is 1. The number of ether oxygens (including phenoxy) is 1. The highest BCUT2D eigenvalue weighted by atomic mass is 32.2. The van der Waals surface area contributed by atoms with Crippen molar-refractivity contribution in [2.24, 2.45) is 0 Å². The molecule has 1 aliphatic heterocycles. The maximum atomic E-state index is 12.7. The number of carbonyl (C=O) groups excluding carboxylic acids is 1. The fourth-order valence-corrected chi connectivity index (χ4v) is 4.19. The van der Waals surface area contributed by atoms with Crippen molar-refractivity contribution in [3.8, 4) is 11.4 Å². The largest absolute Gasteiger partial charge is 0.497 e. The number of thioether (sulfide) groups is 1. The molecule has 0 aliphatic carbocycles. The molecule has 0 atom stereocenters. The Morgan fingerprint density at radius 2 is 1.84 bits per heavy atom. The van der Waals surface area contributed by atoms with Gasteiger partial charge in [-0.25, -0.2) is 0 Å². The molecule has 1 N–H and O–H groups in total. The van der Waals surface area contributed by atoms with Gasteiger partial charge >= 0.3 is 0 Å². The summed E-state index contributed by atoms with van der Waals surface area (Å²) < 4.78 is 7.06. The molecule has 31 heavy (non-hydrogen) atoms. The molecule has 162 valence electrons. The number of anilines is 2. The van der Waals surface area contributed by atoms with E-state index >= 15 is 0 Å². The normalized spacial score (nSPS) is 14.5. The summed E-state index contributed by atoms with van der Waals surface area (Å²) in [5.41, 5.74) is 2.82. The third kappa shape index (κ3) is 5.18. The van der Waals surface area contributed by atoms with Crippen molar-refractivity contribution in [3.05, 3.63) is 54.9 Å². The van der Waals surface area contributed by atoms with E-state index in [1.807, 2.05) is 47.0 Å². The predicted octanol–water partition coefficient (Wildman–Crippen LogP) is 2.76. The van der Waals surface area contributed by atoms with Crippen LogP contribution in [0.3, 0.4) is 0 Å². The number of likely N-dealkylation sites (N-methyl/N-ethyl adjacent to an activating group) is 1. The molecular weight excluding hydrogens is 412 g/mol. The number of hydrogen-bond acceptors (Lipinski definition) is 7. The summed E-state index contributed by atoms with van der Waals surface area (Å²) in [5, 5.41) is 11.9. The Morgan fingerprint density at radius 1 is 1.10 bits per heavy atom. The Balaban J connectivity index is 1.39. The summed E-state index contributed by atoms with van der Waals surface area (Å²) >= 11 is 1.35. The van der Waals surface area contributed by atoms with Crippen molar-refractivity contribution in [2.75, 3.05) is 56.3 Å². The first-order valence-electron chi connectivity index (χ1n) is 10.1. The van der Waals surface area contributed by atoms with E-state index < -0.39 is 0 Å². The molecule has 2 aromatic carbocycles. The van der Waals surface area contributed by atoms with Gasteiger partial charge < -0.3 is 19.9 Å². The van der Waals surface area contributed by atoms with Gasteiger partial charge in [-0.2, -0.15) is 0 Å². The molecule has 4 rings (SSSR count). The van der Waals surface area contributed by atoms with Crippen molar-refractivity contribution in [1.82, 2.24) is 19.7 Å². The van der Waals surface area contributed by atoms with Crippen LogP contribution in [0.4, 0.5) is 11.4 Å². The first kappa shape index (κ1) is 21.2. The van der Waals surface area contributed by atoms with E-state index in [1.54, 1.807) is 13.4 Å². The van der Waals surface area contributed by atoms with Crippen molar-refractivity contribution in [1.29, 1.82) is 0 Å². The molecule has 1 aromatic heterocycles. The molecule has 0 saturated carbocycles. The lowest BCUT2D eigenvalue weighted by molar-refractivity contribution is -0.113. The number of para-hydroxylation sites is 2. The van der Waals surface area contributed by atoms with Crippen LogP contribution in [0.15, 0.2) is 60.0 Å². The second-order valence-corrected chi connectivity index (χ2v) is 8.27. The number of methoxy groups -OCH3 is 1. The zero-order valence-electron chi connectivity index (χ0n) is 17.7. The van der Waals surface area contributed by atoms with Crippen LogP contribution in [0, 0.1) is 0 Å². The Bertz CT molecular complexity index is 1010. The Morgan fingerprint density at radius 3 is 2.58 bits per heavy atom. The van der Waals surface area contributed by atoms with Crippen molar-refractivity contribution >= 4 is 29.0 Å². The quantitative estimate of drug-likeness (QED) is 0.569. The summed E-state index contributed by atoms with van der Waals surface area (Å²) in [6.45, 7) is 3.92. The molecular formula is C22H26N6O2S. The molecule has 0 spiro atoms. The van der Waals surface area contributed by atoms with Gasteiger partial charge in [-0.3, -0.25) is 9.36 Å².